The molecule has 2 rings (SSSR count). The number of hydrogen-bond acceptors (Lipinski definition) is 3. The Morgan fingerprint density at radius 1 is 1.33 bits per heavy atom. The van der Waals surface area contributed by atoms with Gasteiger partial charge in [-0.3, -0.25) is 4.79 Å². The van der Waals surface area contributed by atoms with Gasteiger partial charge in [0.1, 0.15) is 5.75 Å². The summed E-state index contributed by atoms with van der Waals surface area (Å²) in [6.45, 7) is 1.96. The number of ether oxygens (including phenoxy) is 1. The van der Waals surface area contributed by atoms with Crippen molar-refractivity contribution in [2.24, 2.45) is 0 Å². The van der Waals surface area contributed by atoms with E-state index in [0.717, 1.165) is 4.88 Å². The van der Waals surface area contributed by atoms with Crippen LogP contribution in [0.4, 0.5) is 5.69 Å². The highest BCUT2D eigenvalue weighted by molar-refractivity contribution is 7.14. The Hall–Kier alpha value is -1.52. The van der Waals surface area contributed by atoms with E-state index in [1.54, 1.807) is 31.4 Å². The maximum atomic E-state index is 12.0. The third kappa shape index (κ3) is 2.83. The van der Waals surface area contributed by atoms with Gasteiger partial charge in [0, 0.05) is 9.90 Å². The first-order valence-corrected chi connectivity index (χ1v) is 6.51. The highest BCUT2D eigenvalue weighted by atomic mass is 35.5. The van der Waals surface area contributed by atoms with Crippen molar-refractivity contribution in [2.75, 3.05) is 12.4 Å². The molecule has 1 amide bonds. The molecule has 0 aliphatic carbocycles. The Morgan fingerprint density at radius 2 is 2.11 bits per heavy atom. The molecule has 0 aliphatic rings. The van der Waals surface area contributed by atoms with Crippen LogP contribution in [0, 0.1) is 6.92 Å². The summed E-state index contributed by atoms with van der Waals surface area (Å²) in [7, 11) is 1.55. The van der Waals surface area contributed by atoms with Crippen LogP contribution >= 0.6 is 22.9 Å². The van der Waals surface area contributed by atoms with E-state index in [9.17, 15) is 4.79 Å². The minimum absolute atomic E-state index is 0.159. The molecule has 5 heteroatoms. The van der Waals surface area contributed by atoms with Gasteiger partial charge in [0.15, 0.2) is 0 Å². The van der Waals surface area contributed by atoms with E-state index in [1.165, 1.54) is 11.3 Å². The van der Waals surface area contributed by atoms with Gasteiger partial charge < -0.3 is 10.1 Å². The normalized spacial score (nSPS) is 10.2. The number of nitrogens with one attached hydrogen (secondary N) is 1. The number of halogens is 1. The van der Waals surface area contributed by atoms with Gasteiger partial charge >= 0.3 is 0 Å². The molecule has 94 valence electrons. The number of amides is 1. The van der Waals surface area contributed by atoms with Crippen molar-refractivity contribution >= 4 is 34.5 Å². The Kier molecular flexibility index (Phi) is 3.89. The van der Waals surface area contributed by atoms with E-state index in [4.69, 9.17) is 16.3 Å². The van der Waals surface area contributed by atoms with Crippen molar-refractivity contribution < 1.29 is 9.53 Å². The highest BCUT2D eigenvalue weighted by Gasteiger charge is 2.11. The number of carbonyl (C=O) groups excluding carboxylic acids is 1. The lowest BCUT2D eigenvalue weighted by Gasteiger charge is -2.09. The van der Waals surface area contributed by atoms with Crippen molar-refractivity contribution in [3.63, 3.8) is 0 Å². The standard InChI is InChI=1S/C13H12ClNO2S/c1-8-3-6-12(18-8)13(16)15-10-7-9(14)4-5-11(10)17-2/h3-7H,1-2H3,(H,15,16). The molecule has 0 radical (unpaired) electrons. The van der Waals surface area contributed by atoms with Crippen molar-refractivity contribution in [1.82, 2.24) is 0 Å². The van der Waals surface area contributed by atoms with Crippen LogP contribution in [0.3, 0.4) is 0 Å². The largest absolute Gasteiger partial charge is 0.495 e. The molecular formula is C13H12ClNO2S. The minimum Gasteiger partial charge on any atom is -0.495 e. The number of benzene rings is 1. The summed E-state index contributed by atoms with van der Waals surface area (Å²) in [6.07, 6.45) is 0. The molecule has 0 unspecified atom stereocenters. The average molecular weight is 282 g/mol. The van der Waals surface area contributed by atoms with Gasteiger partial charge in [-0.05, 0) is 37.3 Å². The highest BCUT2D eigenvalue weighted by Crippen LogP contribution is 2.28. The van der Waals surface area contributed by atoms with E-state index in [0.29, 0.717) is 21.3 Å². The summed E-state index contributed by atoms with van der Waals surface area (Å²) in [5, 5.41) is 3.34. The van der Waals surface area contributed by atoms with Gasteiger partial charge in [0.2, 0.25) is 0 Å². The predicted octanol–water partition coefficient (Wildman–Crippen LogP) is 3.97. The van der Waals surface area contributed by atoms with Crippen molar-refractivity contribution in [3.05, 3.63) is 45.1 Å². The van der Waals surface area contributed by atoms with E-state index in [1.807, 2.05) is 13.0 Å². The number of hydrogen-bond donors (Lipinski definition) is 1. The van der Waals surface area contributed by atoms with Crippen LogP contribution in [0.2, 0.25) is 5.02 Å². The Balaban J connectivity index is 2.23. The molecule has 2 aromatic rings. The van der Waals surface area contributed by atoms with E-state index < -0.39 is 0 Å². The molecule has 1 heterocycles. The fourth-order valence-electron chi connectivity index (χ4n) is 1.52. The minimum atomic E-state index is -0.159. The first-order valence-electron chi connectivity index (χ1n) is 5.31. The fourth-order valence-corrected chi connectivity index (χ4v) is 2.45. The van der Waals surface area contributed by atoms with Crippen molar-refractivity contribution in [2.45, 2.75) is 6.92 Å². The second-order valence-corrected chi connectivity index (χ2v) is 5.43. The third-order valence-electron chi connectivity index (χ3n) is 2.37. The SMILES string of the molecule is COc1ccc(Cl)cc1NC(=O)c1ccc(C)s1. The Morgan fingerprint density at radius 3 is 2.72 bits per heavy atom. The maximum Gasteiger partial charge on any atom is 0.265 e. The third-order valence-corrected chi connectivity index (χ3v) is 3.61. The number of aryl methyl sites for hydroxylation is 1. The molecule has 1 aromatic heterocycles. The quantitative estimate of drug-likeness (QED) is 0.924. The zero-order chi connectivity index (χ0) is 13.1. The molecular weight excluding hydrogens is 270 g/mol. The van der Waals surface area contributed by atoms with Gasteiger partial charge in [0.05, 0.1) is 17.7 Å². The predicted molar refractivity (Wildman–Crippen MR) is 75.0 cm³/mol. The molecule has 18 heavy (non-hydrogen) atoms. The first kappa shape index (κ1) is 12.9. The second kappa shape index (κ2) is 5.42. The van der Waals surface area contributed by atoms with Crippen LogP contribution in [-0.2, 0) is 0 Å². The summed E-state index contributed by atoms with van der Waals surface area (Å²) in [6, 6.07) is 8.81. The van der Waals surface area contributed by atoms with Gasteiger partial charge in [-0.1, -0.05) is 11.6 Å². The van der Waals surface area contributed by atoms with Crippen LogP contribution in [0.25, 0.3) is 0 Å². The molecule has 0 atom stereocenters. The monoisotopic (exact) mass is 281 g/mol. The summed E-state index contributed by atoms with van der Waals surface area (Å²) in [5.41, 5.74) is 0.570. The van der Waals surface area contributed by atoms with Crippen LogP contribution in [0.5, 0.6) is 5.75 Å². The Bertz CT molecular complexity index is 580. The van der Waals surface area contributed by atoms with E-state index in [2.05, 4.69) is 5.32 Å². The molecule has 3 nitrogen and oxygen atoms in total. The van der Waals surface area contributed by atoms with Crippen molar-refractivity contribution in [1.29, 1.82) is 0 Å². The second-order valence-electron chi connectivity index (χ2n) is 3.71. The molecule has 0 saturated heterocycles. The van der Waals surface area contributed by atoms with Crippen LogP contribution < -0.4 is 10.1 Å². The lowest BCUT2D eigenvalue weighted by Crippen LogP contribution is -2.11. The number of carbonyl (C=O) groups is 1. The molecule has 0 bridgehead atoms. The molecule has 0 spiro atoms. The first-order chi connectivity index (χ1) is 8.60. The molecule has 0 fully saturated rings. The number of anilines is 1. The summed E-state index contributed by atoms with van der Waals surface area (Å²) < 4.78 is 5.17. The average Bonchev–Trinajstić information content (AvgIpc) is 2.76. The van der Waals surface area contributed by atoms with Gasteiger partial charge in [-0.2, -0.15) is 0 Å². The zero-order valence-electron chi connectivity index (χ0n) is 9.99. The van der Waals surface area contributed by atoms with Gasteiger partial charge in [0.25, 0.3) is 5.91 Å². The molecule has 0 aliphatic heterocycles. The fraction of sp³-hybridized carbons (Fsp3) is 0.154. The summed E-state index contributed by atoms with van der Waals surface area (Å²) >= 11 is 7.35. The number of thiophene rings is 1. The molecule has 1 aromatic carbocycles. The lowest BCUT2D eigenvalue weighted by molar-refractivity contribution is 0.103. The number of methoxy groups -OCH3 is 1. The van der Waals surface area contributed by atoms with E-state index >= 15 is 0 Å². The van der Waals surface area contributed by atoms with Gasteiger partial charge in [-0.15, -0.1) is 11.3 Å². The summed E-state index contributed by atoms with van der Waals surface area (Å²) in [5.74, 6) is 0.426. The summed E-state index contributed by atoms with van der Waals surface area (Å²) in [4.78, 5) is 13.8. The molecule has 0 saturated carbocycles. The zero-order valence-corrected chi connectivity index (χ0v) is 11.6. The lowest BCUT2D eigenvalue weighted by atomic mass is 10.3. The molecule has 1 N–H and O–H groups in total. The van der Waals surface area contributed by atoms with Gasteiger partial charge in [-0.25, -0.2) is 0 Å². The van der Waals surface area contributed by atoms with Crippen LogP contribution in [-0.4, -0.2) is 13.0 Å². The number of rotatable bonds is 3. The maximum absolute atomic E-state index is 12.0. The smallest absolute Gasteiger partial charge is 0.265 e. The van der Waals surface area contributed by atoms with Crippen molar-refractivity contribution in [3.8, 4) is 5.75 Å². The van der Waals surface area contributed by atoms with Crippen LogP contribution in [0.1, 0.15) is 14.5 Å². The van der Waals surface area contributed by atoms with E-state index in [-0.39, 0.29) is 5.91 Å². The van der Waals surface area contributed by atoms with Crippen LogP contribution in [0.15, 0.2) is 30.3 Å². The topological polar surface area (TPSA) is 38.3 Å². The Labute approximate surface area is 114 Å².